The van der Waals surface area contributed by atoms with Gasteiger partial charge in [-0.3, -0.25) is 4.79 Å². The average molecular weight is 396 g/mol. The first-order chi connectivity index (χ1) is 13.5. The molecule has 28 heavy (non-hydrogen) atoms. The Balaban J connectivity index is 1.49. The van der Waals surface area contributed by atoms with Crippen molar-refractivity contribution in [3.8, 4) is 0 Å². The van der Waals surface area contributed by atoms with E-state index in [9.17, 15) is 4.79 Å². The maximum Gasteiger partial charge on any atom is 0.254 e. The Kier molecular flexibility index (Phi) is 5.05. The summed E-state index contributed by atoms with van der Waals surface area (Å²) >= 11 is 6.10. The van der Waals surface area contributed by atoms with E-state index >= 15 is 0 Å². The number of hydrogen-bond donors (Lipinski definition) is 0. The maximum atomic E-state index is 13.0. The Morgan fingerprint density at radius 2 is 1.82 bits per heavy atom. The summed E-state index contributed by atoms with van der Waals surface area (Å²) in [5.74, 6) is 0.886. The lowest BCUT2D eigenvalue weighted by Gasteiger charge is -2.36. The highest BCUT2D eigenvalue weighted by atomic mass is 35.5. The smallest absolute Gasteiger partial charge is 0.254 e. The van der Waals surface area contributed by atoms with Crippen molar-refractivity contribution in [3.63, 3.8) is 0 Å². The summed E-state index contributed by atoms with van der Waals surface area (Å²) in [5.41, 5.74) is 2.53. The van der Waals surface area contributed by atoms with Gasteiger partial charge in [-0.05, 0) is 36.4 Å². The van der Waals surface area contributed by atoms with Crippen molar-refractivity contribution in [1.29, 1.82) is 0 Å². The molecule has 4 rings (SSSR count). The average Bonchev–Trinajstić information content (AvgIpc) is 2.72. The van der Waals surface area contributed by atoms with Gasteiger partial charge in [0.2, 0.25) is 0 Å². The normalized spacial score (nSPS) is 14.4. The summed E-state index contributed by atoms with van der Waals surface area (Å²) < 4.78 is 0. The Labute approximate surface area is 169 Å². The highest BCUT2D eigenvalue weighted by Crippen LogP contribution is 2.24. The van der Waals surface area contributed by atoms with Crippen molar-refractivity contribution in [3.05, 3.63) is 59.4 Å². The molecule has 0 bridgehead atoms. The molecule has 1 aromatic heterocycles. The van der Waals surface area contributed by atoms with Gasteiger partial charge in [0.05, 0.1) is 5.52 Å². The molecule has 1 fully saturated rings. The monoisotopic (exact) mass is 395 g/mol. The van der Waals surface area contributed by atoms with E-state index in [0.717, 1.165) is 40.5 Å². The molecule has 2 aromatic carbocycles. The highest BCUT2D eigenvalue weighted by Gasteiger charge is 2.23. The number of carbonyl (C=O) groups is 1. The molecule has 0 radical (unpaired) electrons. The number of benzene rings is 2. The van der Waals surface area contributed by atoms with Gasteiger partial charge in [0.25, 0.3) is 5.91 Å². The van der Waals surface area contributed by atoms with Crippen molar-refractivity contribution in [2.24, 2.45) is 0 Å². The van der Waals surface area contributed by atoms with Crippen LogP contribution in [0, 0.1) is 0 Å². The Morgan fingerprint density at radius 3 is 2.54 bits per heavy atom. The fourth-order valence-corrected chi connectivity index (χ4v) is 3.74. The van der Waals surface area contributed by atoms with Crippen LogP contribution in [0.3, 0.4) is 0 Å². The second-order valence-electron chi connectivity index (χ2n) is 7.08. The van der Waals surface area contributed by atoms with E-state index in [4.69, 9.17) is 11.6 Å². The minimum absolute atomic E-state index is 0.0395. The quantitative estimate of drug-likeness (QED) is 0.681. The predicted molar refractivity (Wildman–Crippen MR) is 113 cm³/mol. The van der Waals surface area contributed by atoms with Gasteiger partial charge in [-0.15, -0.1) is 0 Å². The topological polar surface area (TPSA) is 52.6 Å². The number of anilines is 2. The lowest BCUT2D eigenvalue weighted by atomic mass is 10.1. The van der Waals surface area contributed by atoms with E-state index in [-0.39, 0.29) is 5.91 Å². The lowest BCUT2D eigenvalue weighted by molar-refractivity contribution is 0.0747. The van der Waals surface area contributed by atoms with Gasteiger partial charge in [-0.25, -0.2) is 9.97 Å². The zero-order valence-electron chi connectivity index (χ0n) is 16.0. The molecular formula is C21H22ClN5O. The van der Waals surface area contributed by atoms with Crippen molar-refractivity contribution in [1.82, 2.24) is 14.9 Å². The first kappa shape index (κ1) is 18.5. The van der Waals surface area contributed by atoms with Crippen molar-refractivity contribution >= 4 is 39.9 Å². The SMILES string of the molecule is CN(C)c1ncnc2cc(C(=O)N3CCN(c4cccc(Cl)c4)CC3)ccc12. The Hall–Kier alpha value is -2.86. The standard InChI is InChI=1S/C21H22ClN5O/c1-25(2)20-18-7-6-15(12-19(18)23-14-24-20)21(28)27-10-8-26(9-11-27)17-5-3-4-16(22)13-17/h3-7,12-14H,8-11H2,1-2H3. The molecule has 1 saturated heterocycles. The molecule has 3 aromatic rings. The van der Waals surface area contributed by atoms with E-state index in [0.29, 0.717) is 18.7 Å². The Bertz CT molecular complexity index is 1010. The number of carbonyl (C=O) groups excluding carboxylic acids is 1. The van der Waals surface area contributed by atoms with Gasteiger partial charge in [0.15, 0.2) is 0 Å². The summed E-state index contributed by atoms with van der Waals surface area (Å²) in [5, 5.41) is 1.67. The number of nitrogens with zero attached hydrogens (tertiary/aromatic N) is 5. The molecule has 2 heterocycles. The molecule has 0 N–H and O–H groups in total. The minimum Gasteiger partial charge on any atom is -0.368 e. The molecule has 1 amide bonds. The van der Waals surface area contributed by atoms with E-state index in [1.807, 2.05) is 60.3 Å². The third-order valence-electron chi connectivity index (χ3n) is 5.03. The van der Waals surface area contributed by atoms with Gasteiger partial charge >= 0.3 is 0 Å². The number of hydrogen-bond acceptors (Lipinski definition) is 5. The second kappa shape index (κ2) is 7.64. The van der Waals surface area contributed by atoms with Crippen LogP contribution in [0.5, 0.6) is 0 Å². The zero-order valence-corrected chi connectivity index (χ0v) is 16.7. The van der Waals surface area contributed by atoms with Crippen LogP contribution < -0.4 is 9.80 Å². The fourth-order valence-electron chi connectivity index (χ4n) is 3.56. The summed E-state index contributed by atoms with van der Waals surface area (Å²) in [4.78, 5) is 27.8. The number of amides is 1. The zero-order chi connectivity index (χ0) is 19.7. The van der Waals surface area contributed by atoms with Crippen LogP contribution in [-0.2, 0) is 0 Å². The number of piperazine rings is 1. The molecule has 0 unspecified atom stereocenters. The molecular weight excluding hydrogens is 374 g/mol. The molecule has 6 nitrogen and oxygen atoms in total. The van der Waals surface area contributed by atoms with E-state index in [1.165, 1.54) is 6.33 Å². The van der Waals surface area contributed by atoms with Crippen LogP contribution in [-0.4, -0.2) is 61.0 Å². The van der Waals surface area contributed by atoms with Crippen LogP contribution in [0.15, 0.2) is 48.8 Å². The van der Waals surface area contributed by atoms with Crippen molar-refractivity contribution < 1.29 is 4.79 Å². The first-order valence-corrected chi connectivity index (χ1v) is 9.62. The van der Waals surface area contributed by atoms with E-state index in [1.54, 1.807) is 0 Å². The number of aromatic nitrogens is 2. The number of rotatable bonds is 3. The lowest BCUT2D eigenvalue weighted by Crippen LogP contribution is -2.48. The summed E-state index contributed by atoms with van der Waals surface area (Å²) in [6.45, 7) is 2.92. The fraction of sp³-hybridized carbons (Fsp3) is 0.286. The van der Waals surface area contributed by atoms with Crippen LogP contribution >= 0.6 is 11.6 Å². The van der Waals surface area contributed by atoms with Gasteiger partial charge in [-0.1, -0.05) is 17.7 Å². The molecule has 144 valence electrons. The number of halogens is 1. The third kappa shape index (κ3) is 3.60. The molecule has 0 aliphatic carbocycles. The van der Waals surface area contributed by atoms with Gasteiger partial charge < -0.3 is 14.7 Å². The molecule has 1 aliphatic rings. The summed E-state index contributed by atoms with van der Waals surface area (Å²) in [7, 11) is 3.89. The largest absolute Gasteiger partial charge is 0.368 e. The van der Waals surface area contributed by atoms with Gasteiger partial charge in [-0.2, -0.15) is 0 Å². The van der Waals surface area contributed by atoms with E-state index < -0.39 is 0 Å². The van der Waals surface area contributed by atoms with Crippen LogP contribution in [0.25, 0.3) is 10.9 Å². The van der Waals surface area contributed by atoms with Crippen LogP contribution in [0.1, 0.15) is 10.4 Å². The van der Waals surface area contributed by atoms with Gasteiger partial charge in [0, 0.05) is 61.9 Å². The molecule has 7 heteroatoms. The van der Waals surface area contributed by atoms with Crippen molar-refractivity contribution in [2.75, 3.05) is 50.1 Å². The van der Waals surface area contributed by atoms with Crippen LogP contribution in [0.4, 0.5) is 11.5 Å². The predicted octanol–water partition coefficient (Wildman–Crippen LogP) is 3.31. The first-order valence-electron chi connectivity index (χ1n) is 9.25. The van der Waals surface area contributed by atoms with E-state index in [2.05, 4.69) is 20.9 Å². The molecule has 0 saturated carbocycles. The molecule has 1 aliphatic heterocycles. The maximum absolute atomic E-state index is 13.0. The summed E-state index contributed by atoms with van der Waals surface area (Å²) in [6.07, 6.45) is 1.54. The molecule has 0 atom stereocenters. The Morgan fingerprint density at radius 1 is 1.04 bits per heavy atom. The van der Waals surface area contributed by atoms with Crippen LogP contribution in [0.2, 0.25) is 5.02 Å². The van der Waals surface area contributed by atoms with Crippen molar-refractivity contribution in [2.45, 2.75) is 0 Å². The molecule has 0 spiro atoms. The number of fused-ring (bicyclic) bond motifs is 1. The minimum atomic E-state index is 0.0395. The third-order valence-corrected chi connectivity index (χ3v) is 5.26. The summed E-state index contributed by atoms with van der Waals surface area (Å²) in [6, 6.07) is 13.5. The van der Waals surface area contributed by atoms with Gasteiger partial charge in [0.1, 0.15) is 12.1 Å². The second-order valence-corrected chi connectivity index (χ2v) is 7.52. The highest BCUT2D eigenvalue weighted by molar-refractivity contribution is 6.30.